The first-order chi connectivity index (χ1) is 12.8. The molecule has 140 valence electrons. The summed E-state index contributed by atoms with van der Waals surface area (Å²) in [5.41, 5.74) is 0.435. The molecule has 1 aromatic heterocycles. The van der Waals surface area contributed by atoms with Gasteiger partial charge in [0.15, 0.2) is 0 Å². The second kappa shape index (κ2) is 7.27. The molecule has 5 nitrogen and oxygen atoms in total. The lowest BCUT2D eigenvalue weighted by Gasteiger charge is -2.35. The first-order valence-corrected chi connectivity index (χ1v) is 8.38. The molecule has 2 aromatic rings. The monoisotopic (exact) mass is 374 g/mol. The minimum Gasteiger partial charge on any atom is -0.353 e. The zero-order valence-electron chi connectivity index (χ0n) is 14.6. The predicted molar refractivity (Wildman–Crippen MR) is 93.2 cm³/mol. The third-order valence-electron chi connectivity index (χ3n) is 4.40. The molecule has 0 N–H and O–H groups in total. The number of hydrogen-bond donors (Lipinski definition) is 0. The molecule has 0 aliphatic carbocycles. The largest absolute Gasteiger partial charge is 0.416 e. The molecule has 0 radical (unpaired) electrons. The van der Waals surface area contributed by atoms with Crippen molar-refractivity contribution in [1.82, 2.24) is 9.88 Å². The standard InChI is InChI=1S/C19H17F3N4O/c1-13-9-14(12-23)10-17(24-13)25-5-7-26(8-6-25)18(27)15-3-2-4-16(11-15)19(20,21)22/h2-4,9-11H,5-8H2,1H3. The Balaban J connectivity index is 1.70. The van der Waals surface area contributed by atoms with Crippen LogP contribution in [0.4, 0.5) is 19.0 Å². The van der Waals surface area contributed by atoms with Crippen LogP contribution in [-0.4, -0.2) is 42.0 Å². The second-order valence-electron chi connectivity index (χ2n) is 6.33. The molecule has 1 saturated heterocycles. The maximum absolute atomic E-state index is 12.8. The lowest BCUT2D eigenvalue weighted by atomic mass is 10.1. The number of carbonyl (C=O) groups is 1. The summed E-state index contributed by atoms with van der Waals surface area (Å²) in [6, 6.07) is 9.94. The minimum atomic E-state index is -4.48. The van der Waals surface area contributed by atoms with Gasteiger partial charge in [-0.25, -0.2) is 4.98 Å². The summed E-state index contributed by atoms with van der Waals surface area (Å²) >= 11 is 0. The van der Waals surface area contributed by atoms with Gasteiger partial charge < -0.3 is 9.80 Å². The van der Waals surface area contributed by atoms with Crippen molar-refractivity contribution >= 4 is 11.7 Å². The Kier molecular flexibility index (Phi) is 5.04. The number of hydrogen-bond acceptors (Lipinski definition) is 4. The Morgan fingerprint density at radius 1 is 1.15 bits per heavy atom. The smallest absolute Gasteiger partial charge is 0.353 e. The van der Waals surface area contributed by atoms with Crippen LogP contribution in [0.3, 0.4) is 0 Å². The van der Waals surface area contributed by atoms with Crippen LogP contribution in [0, 0.1) is 18.3 Å². The molecule has 8 heteroatoms. The van der Waals surface area contributed by atoms with Crippen LogP contribution in [0.1, 0.15) is 27.2 Å². The van der Waals surface area contributed by atoms with Crippen molar-refractivity contribution in [3.8, 4) is 6.07 Å². The molecule has 3 rings (SSSR count). The molecule has 0 bridgehead atoms. The van der Waals surface area contributed by atoms with Gasteiger partial charge in [-0.2, -0.15) is 18.4 Å². The van der Waals surface area contributed by atoms with Gasteiger partial charge in [-0.3, -0.25) is 4.79 Å². The normalized spacial score (nSPS) is 14.8. The summed E-state index contributed by atoms with van der Waals surface area (Å²) in [6.45, 7) is 3.52. The first-order valence-electron chi connectivity index (χ1n) is 8.38. The van der Waals surface area contributed by atoms with E-state index in [9.17, 15) is 18.0 Å². The van der Waals surface area contributed by atoms with Gasteiger partial charge in [-0.15, -0.1) is 0 Å². The maximum atomic E-state index is 12.8. The third kappa shape index (κ3) is 4.19. The molecular weight excluding hydrogens is 357 g/mol. The van der Waals surface area contributed by atoms with E-state index in [4.69, 9.17) is 5.26 Å². The maximum Gasteiger partial charge on any atom is 0.416 e. The summed E-state index contributed by atoms with van der Waals surface area (Å²) in [7, 11) is 0. The van der Waals surface area contributed by atoms with Gasteiger partial charge in [0.25, 0.3) is 5.91 Å². The molecule has 2 heterocycles. The predicted octanol–water partition coefficient (Wildman–Crippen LogP) is 3.24. The van der Waals surface area contributed by atoms with Gasteiger partial charge in [0.05, 0.1) is 17.2 Å². The molecule has 1 aromatic carbocycles. The van der Waals surface area contributed by atoms with Crippen molar-refractivity contribution in [3.63, 3.8) is 0 Å². The van der Waals surface area contributed by atoms with E-state index in [1.54, 1.807) is 19.1 Å². The Morgan fingerprint density at radius 3 is 2.48 bits per heavy atom. The molecular formula is C19H17F3N4O. The lowest BCUT2D eigenvalue weighted by Crippen LogP contribution is -2.49. The van der Waals surface area contributed by atoms with E-state index in [2.05, 4.69) is 11.1 Å². The molecule has 1 aliphatic rings. The number of carbonyl (C=O) groups excluding carboxylic acids is 1. The highest BCUT2D eigenvalue weighted by Gasteiger charge is 2.31. The molecule has 0 atom stereocenters. The average Bonchev–Trinajstić information content (AvgIpc) is 2.66. The van der Waals surface area contributed by atoms with Crippen LogP contribution in [0.2, 0.25) is 0 Å². The summed E-state index contributed by atoms with van der Waals surface area (Å²) in [4.78, 5) is 20.5. The van der Waals surface area contributed by atoms with Crippen molar-refractivity contribution in [2.24, 2.45) is 0 Å². The Morgan fingerprint density at radius 2 is 1.85 bits per heavy atom. The topological polar surface area (TPSA) is 60.2 Å². The number of nitrogens with zero attached hydrogens (tertiary/aromatic N) is 4. The summed E-state index contributed by atoms with van der Waals surface area (Å²) in [6.07, 6.45) is -4.48. The molecule has 1 fully saturated rings. The Hall–Kier alpha value is -3.08. The molecule has 1 amide bonds. The number of pyridine rings is 1. The molecule has 0 unspecified atom stereocenters. The fraction of sp³-hybridized carbons (Fsp3) is 0.316. The highest BCUT2D eigenvalue weighted by atomic mass is 19.4. The van der Waals surface area contributed by atoms with E-state index in [1.807, 2.05) is 4.90 Å². The van der Waals surface area contributed by atoms with Crippen LogP contribution in [0.25, 0.3) is 0 Å². The zero-order chi connectivity index (χ0) is 19.6. The fourth-order valence-corrected chi connectivity index (χ4v) is 3.03. The van der Waals surface area contributed by atoms with E-state index >= 15 is 0 Å². The van der Waals surface area contributed by atoms with Crippen LogP contribution in [-0.2, 0) is 6.18 Å². The van der Waals surface area contributed by atoms with Gasteiger partial charge in [0.1, 0.15) is 5.82 Å². The average molecular weight is 374 g/mol. The number of alkyl halides is 3. The Labute approximate surface area is 154 Å². The summed E-state index contributed by atoms with van der Waals surface area (Å²) < 4.78 is 38.5. The number of anilines is 1. The van der Waals surface area contributed by atoms with Crippen molar-refractivity contribution < 1.29 is 18.0 Å². The molecule has 0 saturated carbocycles. The lowest BCUT2D eigenvalue weighted by molar-refractivity contribution is -0.137. The second-order valence-corrected chi connectivity index (χ2v) is 6.33. The fourth-order valence-electron chi connectivity index (χ4n) is 3.03. The number of amides is 1. The van der Waals surface area contributed by atoms with Crippen LogP contribution < -0.4 is 4.90 Å². The summed E-state index contributed by atoms with van der Waals surface area (Å²) in [5, 5.41) is 9.08. The minimum absolute atomic E-state index is 0.0266. The van der Waals surface area contributed by atoms with Crippen molar-refractivity contribution in [2.45, 2.75) is 13.1 Å². The zero-order valence-corrected chi connectivity index (χ0v) is 14.6. The number of piperazine rings is 1. The SMILES string of the molecule is Cc1cc(C#N)cc(N2CCN(C(=O)c3cccc(C(F)(F)F)c3)CC2)n1. The highest BCUT2D eigenvalue weighted by Crippen LogP contribution is 2.30. The van der Waals surface area contributed by atoms with E-state index in [-0.39, 0.29) is 5.56 Å². The van der Waals surface area contributed by atoms with Gasteiger partial charge in [-0.1, -0.05) is 6.07 Å². The van der Waals surface area contributed by atoms with Gasteiger partial charge >= 0.3 is 6.18 Å². The van der Waals surface area contributed by atoms with Crippen molar-refractivity contribution in [2.75, 3.05) is 31.1 Å². The highest BCUT2D eigenvalue weighted by molar-refractivity contribution is 5.94. The molecule has 27 heavy (non-hydrogen) atoms. The van der Waals surface area contributed by atoms with E-state index in [0.717, 1.165) is 17.8 Å². The number of benzene rings is 1. The molecule has 0 spiro atoms. The number of aryl methyl sites for hydroxylation is 1. The van der Waals surface area contributed by atoms with Gasteiger partial charge in [0, 0.05) is 37.4 Å². The van der Waals surface area contributed by atoms with Crippen molar-refractivity contribution in [1.29, 1.82) is 5.26 Å². The molecule has 1 aliphatic heterocycles. The van der Waals surface area contributed by atoms with Crippen LogP contribution >= 0.6 is 0 Å². The summed E-state index contributed by atoms with van der Waals surface area (Å²) in [5.74, 6) is 0.244. The van der Waals surface area contributed by atoms with E-state index in [0.29, 0.717) is 37.6 Å². The van der Waals surface area contributed by atoms with Crippen molar-refractivity contribution in [3.05, 3.63) is 58.8 Å². The number of rotatable bonds is 2. The number of nitriles is 1. The van der Waals surface area contributed by atoms with Gasteiger partial charge in [-0.05, 0) is 37.3 Å². The third-order valence-corrected chi connectivity index (χ3v) is 4.40. The quantitative estimate of drug-likeness (QED) is 0.810. The van der Waals surface area contributed by atoms with Crippen LogP contribution in [0.5, 0.6) is 0 Å². The number of aromatic nitrogens is 1. The van der Waals surface area contributed by atoms with E-state index < -0.39 is 17.6 Å². The van der Waals surface area contributed by atoms with E-state index in [1.165, 1.54) is 17.0 Å². The van der Waals surface area contributed by atoms with Crippen LogP contribution in [0.15, 0.2) is 36.4 Å². The Bertz CT molecular complexity index is 897. The van der Waals surface area contributed by atoms with Gasteiger partial charge in [0.2, 0.25) is 0 Å². The number of halogens is 3. The first kappa shape index (κ1) is 18.7.